The van der Waals surface area contributed by atoms with Gasteiger partial charge in [0.25, 0.3) is 8.32 Å². The molecule has 2 aromatic heterocycles. The molecule has 4 aromatic carbocycles. The molecule has 0 amide bonds. The maximum Gasteiger partial charge on any atom is 0.261 e. The van der Waals surface area contributed by atoms with E-state index in [4.69, 9.17) is 29.6 Å². The normalized spacial score (nSPS) is 14.6. The first kappa shape index (κ1) is 40.4. The summed E-state index contributed by atoms with van der Waals surface area (Å²) in [6.45, 7) is 12.4. The molecule has 4 N–H and O–H groups in total. The summed E-state index contributed by atoms with van der Waals surface area (Å²) in [7, 11) is -1.03. The van der Waals surface area contributed by atoms with Crippen molar-refractivity contribution >= 4 is 52.4 Å². The number of hydrogen-bond donors (Lipinski definition) is 3. The number of ether oxygens (including phenoxy) is 2. The third kappa shape index (κ3) is 8.72. The Morgan fingerprint density at radius 3 is 2.28 bits per heavy atom. The number of nitrogen functional groups attached to an aromatic ring is 1. The van der Waals surface area contributed by atoms with E-state index in [-0.39, 0.29) is 22.8 Å². The largest absolute Gasteiger partial charge is 0.496 e. The van der Waals surface area contributed by atoms with Crippen molar-refractivity contribution in [3.05, 3.63) is 114 Å². The fraction of sp³-hybridized carbons (Fsp3) is 0.391. The molecular weight excluding hydrogens is 732 g/mol. The molecule has 1 saturated heterocycles. The van der Waals surface area contributed by atoms with E-state index < -0.39 is 8.32 Å². The first-order chi connectivity index (χ1) is 27.6. The second-order valence-corrected chi connectivity index (χ2v) is 20.5. The van der Waals surface area contributed by atoms with Gasteiger partial charge in [0.2, 0.25) is 5.95 Å². The first-order valence-electron chi connectivity index (χ1n) is 20.3. The summed E-state index contributed by atoms with van der Waals surface area (Å²) in [6.07, 6.45) is 4.60. The number of benzene rings is 4. The van der Waals surface area contributed by atoms with Crippen molar-refractivity contribution in [1.29, 1.82) is 0 Å². The van der Waals surface area contributed by atoms with E-state index in [2.05, 4.69) is 116 Å². The minimum atomic E-state index is -2.73. The van der Waals surface area contributed by atoms with Crippen LogP contribution in [0.1, 0.15) is 70.9 Å². The molecule has 0 aliphatic carbocycles. The van der Waals surface area contributed by atoms with Crippen molar-refractivity contribution in [2.45, 2.75) is 90.0 Å². The van der Waals surface area contributed by atoms with Gasteiger partial charge in [-0.2, -0.15) is 4.98 Å². The predicted octanol–water partition coefficient (Wildman–Crippen LogP) is 8.18. The molecule has 1 atom stereocenters. The molecule has 0 spiro atoms. The molecule has 57 heavy (non-hydrogen) atoms. The quantitative estimate of drug-likeness (QED) is 0.0844. The Bertz CT molecular complexity index is 2220. The molecule has 3 heterocycles. The zero-order valence-corrected chi connectivity index (χ0v) is 35.0. The van der Waals surface area contributed by atoms with Crippen molar-refractivity contribution < 1.29 is 18.3 Å². The highest BCUT2D eigenvalue weighted by molar-refractivity contribution is 6.99. The molecule has 300 valence electrons. The van der Waals surface area contributed by atoms with Gasteiger partial charge in [0, 0.05) is 49.4 Å². The average Bonchev–Trinajstić information content (AvgIpc) is 3.51. The van der Waals surface area contributed by atoms with Crippen molar-refractivity contribution in [3.63, 3.8) is 0 Å². The third-order valence-electron chi connectivity index (χ3n) is 11.3. The lowest BCUT2D eigenvalue weighted by Gasteiger charge is -2.43. The Kier molecular flexibility index (Phi) is 12.6. The van der Waals surface area contributed by atoms with Crippen LogP contribution in [0.3, 0.4) is 0 Å². The van der Waals surface area contributed by atoms with Crippen LogP contribution in [0.4, 0.5) is 16.2 Å². The smallest absolute Gasteiger partial charge is 0.261 e. The molecule has 9 nitrogen and oxygen atoms in total. The second-order valence-electron chi connectivity index (χ2n) is 16.2. The monoisotopic (exact) mass is 788 g/mol. The zero-order valence-electron chi connectivity index (χ0n) is 34.0. The molecule has 1 aliphatic heterocycles. The summed E-state index contributed by atoms with van der Waals surface area (Å²) in [5, 5.41) is 10.6. The van der Waals surface area contributed by atoms with Crippen molar-refractivity contribution in [3.8, 4) is 5.75 Å². The fourth-order valence-corrected chi connectivity index (χ4v) is 13.2. The lowest BCUT2D eigenvalue weighted by atomic mass is 10.1. The number of nitrogens with zero attached hydrogens (tertiary/aromatic N) is 3. The number of hydrogen-bond acceptors (Lipinski definition) is 8. The summed E-state index contributed by atoms with van der Waals surface area (Å²) in [5.41, 5.74) is 10.8. The van der Waals surface area contributed by atoms with Crippen molar-refractivity contribution in [2.75, 3.05) is 38.0 Å². The van der Waals surface area contributed by atoms with Gasteiger partial charge in [0.05, 0.1) is 19.2 Å². The average molecular weight is 789 g/mol. The van der Waals surface area contributed by atoms with Crippen LogP contribution in [-0.4, -0.2) is 61.9 Å². The van der Waals surface area contributed by atoms with E-state index >= 15 is 0 Å². The zero-order chi connectivity index (χ0) is 40.0. The van der Waals surface area contributed by atoms with Crippen molar-refractivity contribution in [2.24, 2.45) is 0 Å². The minimum absolute atomic E-state index is 0.0167. The number of anilines is 2. The van der Waals surface area contributed by atoms with Crippen LogP contribution in [0.2, 0.25) is 5.04 Å². The molecular formula is C46H57FN6O3Si. The van der Waals surface area contributed by atoms with E-state index in [0.29, 0.717) is 35.9 Å². The van der Waals surface area contributed by atoms with Gasteiger partial charge in [0.15, 0.2) is 5.82 Å². The molecule has 0 saturated carbocycles. The Morgan fingerprint density at radius 2 is 1.63 bits per heavy atom. The van der Waals surface area contributed by atoms with Gasteiger partial charge >= 0.3 is 0 Å². The molecule has 0 radical (unpaired) electrons. The Hall–Kier alpha value is -4.81. The molecule has 0 bridgehead atoms. The first-order valence-corrected chi connectivity index (χ1v) is 22.3. The third-order valence-corrected chi connectivity index (χ3v) is 16.4. The van der Waals surface area contributed by atoms with E-state index in [1.165, 1.54) is 22.5 Å². The van der Waals surface area contributed by atoms with Crippen LogP contribution < -0.4 is 31.5 Å². The summed E-state index contributed by atoms with van der Waals surface area (Å²) >= 11 is 0. The maximum absolute atomic E-state index is 14.9. The lowest BCUT2D eigenvalue weighted by Crippen LogP contribution is -2.66. The fourth-order valence-electron chi connectivity index (χ4n) is 8.58. The van der Waals surface area contributed by atoms with E-state index in [1.54, 1.807) is 7.11 Å². The van der Waals surface area contributed by atoms with Crippen LogP contribution in [0.25, 0.3) is 21.9 Å². The lowest BCUT2D eigenvalue weighted by molar-refractivity contribution is 0.0776. The van der Waals surface area contributed by atoms with Gasteiger partial charge in [-0.15, -0.1) is 0 Å². The van der Waals surface area contributed by atoms with Gasteiger partial charge in [-0.1, -0.05) is 101 Å². The molecule has 7 rings (SSSR count). The summed E-state index contributed by atoms with van der Waals surface area (Å²) in [6, 6.07) is 33.1. The molecule has 6 aromatic rings. The number of nitrogens with two attached hydrogens (primary N) is 1. The van der Waals surface area contributed by atoms with Crippen LogP contribution in [0.5, 0.6) is 5.75 Å². The van der Waals surface area contributed by atoms with Gasteiger partial charge < -0.3 is 34.8 Å². The Labute approximate surface area is 337 Å². The summed E-state index contributed by atoms with van der Waals surface area (Å²) in [4.78, 5) is 9.55. The van der Waals surface area contributed by atoms with Crippen LogP contribution in [0, 0.1) is 5.82 Å². The van der Waals surface area contributed by atoms with Crippen LogP contribution in [-0.2, 0) is 22.3 Å². The van der Waals surface area contributed by atoms with E-state index in [9.17, 15) is 4.39 Å². The van der Waals surface area contributed by atoms with Crippen LogP contribution in [0.15, 0.2) is 97.1 Å². The maximum atomic E-state index is 14.9. The summed E-state index contributed by atoms with van der Waals surface area (Å²) in [5.74, 6) is 1.19. The van der Waals surface area contributed by atoms with Crippen LogP contribution >= 0.6 is 0 Å². The van der Waals surface area contributed by atoms with Crippen molar-refractivity contribution in [1.82, 2.24) is 19.9 Å². The predicted molar refractivity (Wildman–Crippen MR) is 233 cm³/mol. The second kappa shape index (κ2) is 17.8. The number of aromatic nitrogens is 3. The highest BCUT2D eigenvalue weighted by Gasteiger charge is 2.50. The molecule has 1 fully saturated rings. The Balaban J connectivity index is 1.23. The summed E-state index contributed by atoms with van der Waals surface area (Å²) < 4.78 is 35.9. The van der Waals surface area contributed by atoms with Gasteiger partial charge in [-0.3, -0.25) is 0 Å². The van der Waals surface area contributed by atoms with Gasteiger partial charge in [-0.05, 0) is 77.0 Å². The minimum Gasteiger partial charge on any atom is -0.496 e. The van der Waals surface area contributed by atoms with Gasteiger partial charge in [-0.25, -0.2) is 9.37 Å². The number of nitrogens with one attached hydrogen (secondary N) is 2. The highest BCUT2D eigenvalue weighted by atomic mass is 28.4. The Morgan fingerprint density at radius 1 is 0.930 bits per heavy atom. The van der Waals surface area contributed by atoms with E-state index in [0.717, 1.165) is 79.8 Å². The number of methoxy groups -OCH3 is 1. The van der Waals surface area contributed by atoms with E-state index in [1.807, 2.05) is 12.1 Å². The number of halogens is 1. The number of fused-ring (bicyclic) bond motifs is 3. The molecule has 0 unspecified atom stereocenters. The SMILES string of the molecule is CCC[C@@H](CCO[Si](c1ccccc1)(c1ccccc1)C(C)(C)C)Nc1nc(N)nc2c3cc(F)ccc3n(Cc3cc(CNC4CCOCC4)ccc3OC)c12. The molecule has 11 heteroatoms. The van der Waals surface area contributed by atoms with Gasteiger partial charge in [0.1, 0.15) is 22.6 Å². The molecule has 1 aliphatic rings. The highest BCUT2D eigenvalue weighted by Crippen LogP contribution is 2.38. The number of rotatable bonds is 16. The standard InChI is InChI=1S/C46H57FN6O3Si/c1-6-13-36(24-27-56-57(46(2,3)4,37-14-9-7-10-15-37)38-16-11-8-12-17-38)50-44-43-42(51-45(48)52-44)39-29-34(47)19-20-40(39)53(43)31-33-28-32(18-21-41(33)54-5)30-49-35-22-25-55-26-23-35/h7-12,14-21,28-29,35-36,49H,6,13,22-27,30-31H2,1-5H3,(H3,48,50,51,52)/t36-/m0/s1. The topological polar surface area (TPSA) is 108 Å².